The van der Waals surface area contributed by atoms with E-state index in [9.17, 15) is 0 Å². The summed E-state index contributed by atoms with van der Waals surface area (Å²) < 4.78 is 10.9. The molecule has 1 aliphatic heterocycles. The van der Waals surface area contributed by atoms with E-state index in [1.165, 1.54) is 5.56 Å². The molecular formula is C24H24N4O2. The van der Waals surface area contributed by atoms with Crippen molar-refractivity contribution < 1.29 is 9.47 Å². The summed E-state index contributed by atoms with van der Waals surface area (Å²) in [6.07, 6.45) is 3.51. The number of benzene rings is 2. The standard InChI is InChI=1S/C24H24N4O2/c1-15(2)16-7-9-20-19(12-16)23(17-8-10-21(29-3)22(13-17)30-4)27-28-24(26-20)18-6-5-11-25-14-18/h5-15H,1-4H3,(H,26,28). The summed E-state index contributed by atoms with van der Waals surface area (Å²) in [6, 6.07) is 16.0. The number of hydrazone groups is 1. The van der Waals surface area contributed by atoms with Crippen LogP contribution in [0.4, 0.5) is 5.69 Å². The number of aliphatic imine (C=N–C) groups is 1. The van der Waals surface area contributed by atoms with Gasteiger partial charge in [-0.3, -0.25) is 10.4 Å². The number of rotatable bonds is 5. The molecule has 6 heteroatoms. The summed E-state index contributed by atoms with van der Waals surface area (Å²) in [5, 5.41) is 4.74. The van der Waals surface area contributed by atoms with Gasteiger partial charge in [0.05, 0.1) is 19.9 Å². The van der Waals surface area contributed by atoms with E-state index in [2.05, 4.69) is 36.4 Å². The topological polar surface area (TPSA) is 68.1 Å². The van der Waals surface area contributed by atoms with Crippen molar-refractivity contribution in [2.45, 2.75) is 19.8 Å². The quantitative estimate of drug-likeness (QED) is 0.677. The van der Waals surface area contributed by atoms with Crippen molar-refractivity contribution in [1.82, 2.24) is 10.4 Å². The van der Waals surface area contributed by atoms with Crippen LogP contribution in [0.25, 0.3) is 0 Å². The summed E-state index contributed by atoms with van der Waals surface area (Å²) in [7, 11) is 3.25. The first-order chi connectivity index (χ1) is 14.6. The van der Waals surface area contributed by atoms with Gasteiger partial charge >= 0.3 is 0 Å². The highest BCUT2D eigenvalue weighted by Gasteiger charge is 2.20. The van der Waals surface area contributed by atoms with Crippen molar-refractivity contribution in [1.29, 1.82) is 0 Å². The lowest BCUT2D eigenvalue weighted by atomic mass is 9.94. The minimum atomic E-state index is 0.389. The van der Waals surface area contributed by atoms with Gasteiger partial charge in [-0.1, -0.05) is 19.9 Å². The third-order valence-electron chi connectivity index (χ3n) is 5.04. The maximum absolute atomic E-state index is 5.50. The van der Waals surface area contributed by atoms with E-state index in [0.717, 1.165) is 28.1 Å². The Kier molecular flexibility index (Phi) is 5.48. The van der Waals surface area contributed by atoms with Crippen LogP contribution in [0.5, 0.6) is 11.5 Å². The number of methoxy groups -OCH3 is 2. The third kappa shape index (κ3) is 3.76. The van der Waals surface area contributed by atoms with E-state index in [1.54, 1.807) is 26.6 Å². The zero-order valence-electron chi connectivity index (χ0n) is 17.5. The fraction of sp³-hybridized carbons (Fsp3) is 0.208. The molecule has 152 valence electrons. The molecule has 0 amide bonds. The molecule has 0 bridgehead atoms. The molecule has 0 atom stereocenters. The Hall–Kier alpha value is -3.67. The van der Waals surface area contributed by atoms with Gasteiger partial charge in [-0.2, -0.15) is 5.10 Å². The van der Waals surface area contributed by atoms with Crippen molar-refractivity contribution in [2.75, 3.05) is 14.2 Å². The van der Waals surface area contributed by atoms with Gasteiger partial charge in [-0.15, -0.1) is 0 Å². The van der Waals surface area contributed by atoms with Gasteiger partial charge in [0.2, 0.25) is 0 Å². The number of hydrogen-bond acceptors (Lipinski definition) is 6. The van der Waals surface area contributed by atoms with Crippen LogP contribution in [0, 0.1) is 0 Å². The Labute approximate surface area is 176 Å². The zero-order valence-corrected chi connectivity index (χ0v) is 17.5. The van der Waals surface area contributed by atoms with E-state index in [4.69, 9.17) is 19.6 Å². The van der Waals surface area contributed by atoms with E-state index >= 15 is 0 Å². The molecular weight excluding hydrogens is 376 g/mol. The molecule has 30 heavy (non-hydrogen) atoms. The van der Waals surface area contributed by atoms with Gasteiger partial charge in [-0.25, -0.2) is 4.99 Å². The van der Waals surface area contributed by atoms with E-state index in [-0.39, 0.29) is 0 Å². The minimum Gasteiger partial charge on any atom is -0.493 e. The molecule has 0 saturated heterocycles. The number of pyridine rings is 1. The first-order valence-corrected chi connectivity index (χ1v) is 9.80. The van der Waals surface area contributed by atoms with Crippen molar-refractivity contribution in [3.05, 3.63) is 83.2 Å². The van der Waals surface area contributed by atoms with Gasteiger partial charge in [0.25, 0.3) is 0 Å². The Morgan fingerprint density at radius 2 is 1.73 bits per heavy atom. The Balaban J connectivity index is 1.88. The average molecular weight is 400 g/mol. The van der Waals surface area contributed by atoms with Gasteiger partial charge < -0.3 is 9.47 Å². The second kappa shape index (κ2) is 8.37. The number of nitrogens with zero attached hydrogens (tertiary/aromatic N) is 3. The highest BCUT2D eigenvalue weighted by Crippen LogP contribution is 2.33. The van der Waals surface area contributed by atoms with Gasteiger partial charge in [-0.05, 0) is 53.9 Å². The highest BCUT2D eigenvalue weighted by atomic mass is 16.5. The van der Waals surface area contributed by atoms with E-state index < -0.39 is 0 Å². The monoisotopic (exact) mass is 400 g/mol. The summed E-state index contributed by atoms with van der Waals surface area (Å²) in [6.45, 7) is 4.35. The Morgan fingerprint density at radius 3 is 2.43 bits per heavy atom. The predicted molar refractivity (Wildman–Crippen MR) is 119 cm³/mol. The fourth-order valence-electron chi connectivity index (χ4n) is 3.35. The molecule has 0 aliphatic carbocycles. The molecule has 2 aromatic carbocycles. The van der Waals surface area contributed by atoms with Crippen molar-refractivity contribution >= 4 is 17.2 Å². The molecule has 4 rings (SSSR count). The molecule has 0 spiro atoms. The normalized spacial score (nSPS) is 13.0. The van der Waals surface area contributed by atoms with Crippen LogP contribution in [0.15, 0.2) is 71.0 Å². The SMILES string of the molecule is COc1ccc(C2=NNC(c3cccnc3)=Nc3ccc(C(C)C)cc32)cc1OC. The van der Waals surface area contributed by atoms with Crippen LogP contribution in [-0.4, -0.2) is 30.8 Å². The van der Waals surface area contributed by atoms with Gasteiger partial charge in [0.1, 0.15) is 5.71 Å². The van der Waals surface area contributed by atoms with E-state index in [1.807, 2.05) is 36.4 Å². The van der Waals surface area contributed by atoms with Crippen LogP contribution in [0.2, 0.25) is 0 Å². The van der Waals surface area contributed by atoms with Crippen LogP contribution in [-0.2, 0) is 0 Å². The largest absolute Gasteiger partial charge is 0.493 e. The summed E-state index contributed by atoms with van der Waals surface area (Å²) in [5.41, 5.74) is 8.73. The average Bonchev–Trinajstić information content (AvgIpc) is 2.98. The number of amidine groups is 1. The molecule has 1 aromatic heterocycles. The van der Waals surface area contributed by atoms with Gasteiger partial charge in [0, 0.05) is 29.1 Å². The summed E-state index contributed by atoms with van der Waals surface area (Å²) in [4.78, 5) is 9.06. The lowest BCUT2D eigenvalue weighted by Crippen LogP contribution is -2.19. The molecule has 0 radical (unpaired) electrons. The molecule has 0 unspecified atom stereocenters. The predicted octanol–water partition coefficient (Wildman–Crippen LogP) is 4.66. The molecule has 0 saturated carbocycles. The molecule has 1 N–H and O–H groups in total. The van der Waals surface area contributed by atoms with Crippen LogP contribution in [0.3, 0.4) is 0 Å². The van der Waals surface area contributed by atoms with Crippen LogP contribution >= 0.6 is 0 Å². The van der Waals surface area contributed by atoms with Crippen molar-refractivity contribution in [3.63, 3.8) is 0 Å². The second-order valence-electron chi connectivity index (χ2n) is 7.28. The molecule has 2 heterocycles. The second-order valence-corrected chi connectivity index (χ2v) is 7.28. The Morgan fingerprint density at radius 1 is 0.900 bits per heavy atom. The fourth-order valence-corrected chi connectivity index (χ4v) is 3.35. The molecule has 0 fully saturated rings. The molecule has 6 nitrogen and oxygen atoms in total. The van der Waals surface area contributed by atoms with Crippen molar-refractivity contribution in [2.24, 2.45) is 10.1 Å². The maximum atomic E-state index is 5.50. The summed E-state index contributed by atoms with van der Waals surface area (Å²) >= 11 is 0. The zero-order chi connectivity index (χ0) is 21.1. The number of nitrogens with one attached hydrogen (secondary N) is 1. The third-order valence-corrected chi connectivity index (χ3v) is 5.04. The lowest BCUT2D eigenvalue weighted by molar-refractivity contribution is 0.355. The Bertz CT molecular complexity index is 1120. The van der Waals surface area contributed by atoms with Crippen molar-refractivity contribution in [3.8, 4) is 11.5 Å². The summed E-state index contributed by atoms with van der Waals surface area (Å²) in [5.74, 6) is 2.36. The first kappa shape index (κ1) is 19.6. The smallest absolute Gasteiger partial charge is 0.161 e. The van der Waals surface area contributed by atoms with Gasteiger partial charge in [0.15, 0.2) is 17.3 Å². The molecule has 1 aliphatic rings. The number of aromatic nitrogens is 1. The number of ether oxygens (including phenoxy) is 2. The van der Waals surface area contributed by atoms with Crippen LogP contribution in [0.1, 0.15) is 42.0 Å². The maximum Gasteiger partial charge on any atom is 0.161 e. The highest BCUT2D eigenvalue weighted by molar-refractivity contribution is 6.18. The lowest BCUT2D eigenvalue weighted by Gasteiger charge is -2.14. The number of hydrogen-bond donors (Lipinski definition) is 1. The first-order valence-electron chi connectivity index (χ1n) is 9.80. The van der Waals surface area contributed by atoms with E-state index in [0.29, 0.717) is 23.3 Å². The molecule has 3 aromatic rings. The number of fused-ring (bicyclic) bond motifs is 1. The minimum absolute atomic E-state index is 0.389. The van der Waals surface area contributed by atoms with Crippen LogP contribution < -0.4 is 14.9 Å².